The summed E-state index contributed by atoms with van der Waals surface area (Å²) < 4.78 is 14.4. The summed E-state index contributed by atoms with van der Waals surface area (Å²) in [7, 11) is 5.07. The Bertz CT molecular complexity index is 1330. The van der Waals surface area contributed by atoms with Gasteiger partial charge in [0.1, 0.15) is 23.4 Å². The molecule has 1 atom stereocenters. The van der Waals surface area contributed by atoms with Crippen molar-refractivity contribution in [2.24, 2.45) is 7.05 Å². The Hall–Kier alpha value is -3.60. The van der Waals surface area contributed by atoms with Crippen molar-refractivity contribution in [2.75, 3.05) is 20.5 Å². The van der Waals surface area contributed by atoms with E-state index in [2.05, 4.69) is 25.4 Å². The summed E-state index contributed by atoms with van der Waals surface area (Å²) in [6.07, 6.45) is 5.59. The topological polar surface area (TPSA) is 108 Å². The third-order valence-electron chi connectivity index (χ3n) is 5.68. The van der Waals surface area contributed by atoms with E-state index in [1.54, 1.807) is 31.0 Å². The molecule has 10 nitrogen and oxygen atoms in total. The number of nitrogens with one attached hydrogen (secondary N) is 1. The number of rotatable bonds is 8. The van der Waals surface area contributed by atoms with Crippen LogP contribution in [0.25, 0.3) is 5.78 Å². The number of benzene rings is 1. The molecule has 0 aliphatic heterocycles. The van der Waals surface area contributed by atoms with Crippen molar-refractivity contribution in [3.63, 3.8) is 0 Å². The first-order chi connectivity index (χ1) is 16.3. The number of carbonyl (C=O) groups is 1. The summed E-state index contributed by atoms with van der Waals surface area (Å²) in [6, 6.07) is 5.01. The molecule has 1 N–H and O–H groups in total. The number of aryl methyl sites for hydroxylation is 3. The zero-order valence-electron chi connectivity index (χ0n) is 20.0. The van der Waals surface area contributed by atoms with Gasteiger partial charge in [0, 0.05) is 42.5 Å². The lowest BCUT2D eigenvalue weighted by molar-refractivity contribution is -0.121. The molecule has 0 aliphatic rings. The van der Waals surface area contributed by atoms with Gasteiger partial charge in [-0.3, -0.25) is 4.79 Å². The fourth-order valence-electron chi connectivity index (χ4n) is 3.85. The van der Waals surface area contributed by atoms with E-state index < -0.39 is 6.04 Å². The van der Waals surface area contributed by atoms with Crippen molar-refractivity contribution in [2.45, 2.75) is 31.5 Å². The van der Waals surface area contributed by atoms with Crippen LogP contribution in [0.1, 0.15) is 34.4 Å². The number of aromatic nitrogens is 6. The van der Waals surface area contributed by atoms with E-state index in [9.17, 15) is 4.79 Å². The molecular formula is C23H27N7O3S. The largest absolute Gasteiger partial charge is 0.497 e. The van der Waals surface area contributed by atoms with Gasteiger partial charge in [-0.15, -0.1) is 5.10 Å². The Labute approximate surface area is 201 Å². The monoisotopic (exact) mass is 481 g/mol. The molecule has 11 heteroatoms. The number of methoxy groups -OCH3 is 2. The maximum Gasteiger partial charge on any atom is 0.253 e. The molecule has 0 fully saturated rings. The molecule has 1 amide bonds. The highest BCUT2D eigenvalue weighted by Crippen LogP contribution is 2.29. The number of imidazole rings is 1. The van der Waals surface area contributed by atoms with Crippen LogP contribution < -0.4 is 14.8 Å². The van der Waals surface area contributed by atoms with Crippen molar-refractivity contribution in [3.05, 3.63) is 58.9 Å². The van der Waals surface area contributed by atoms with E-state index in [1.807, 2.05) is 50.0 Å². The lowest BCUT2D eigenvalue weighted by Crippen LogP contribution is -2.32. The Morgan fingerprint density at radius 1 is 1.15 bits per heavy atom. The van der Waals surface area contributed by atoms with Crippen LogP contribution in [0.3, 0.4) is 0 Å². The summed E-state index contributed by atoms with van der Waals surface area (Å²) in [6.45, 7) is 3.80. The quantitative estimate of drug-likeness (QED) is 0.383. The highest BCUT2D eigenvalue weighted by molar-refractivity contribution is 7.98. The molecule has 0 saturated heterocycles. The van der Waals surface area contributed by atoms with E-state index in [0.29, 0.717) is 28.3 Å². The third-order valence-corrected chi connectivity index (χ3v) is 6.22. The van der Waals surface area contributed by atoms with Gasteiger partial charge < -0.3 is 19.4 Å². The van der Waals surface area contributed by atoms with Crippen molar-refractivity contribution >= 4 is 23.4 Å². The maximum absolute atomic E-state index is 13.3. The summed E-state index contributed by atoms with van der Waals surface area (Å²) in [5.74, 6) is 2.29. The number of fused-ring (bicyclic) bond motifs is 1. The minimum Gasteiger partial charge on any atom is -0.497 e. The zero-order valence-corrected chi connectivity index (χ0v) is 20.8. The van der Waals surface area contributed by atoms with Gasteiger partial charge in [0.25, 0.3) is 5.78 Å². The van der Waals surface area contributed by atoms with Gasteiger partial charge in [0.05, 0.1) is 20.6 Å². The summed E-state index contributed by atoms with van der Waals surface area (Å²) >= 11 is 1.45. The average molecular weight is 482 g/mol. The maximum atomic E-state index is 13.3. The van der Waals surface area contributed by atoms with Gasteiger partial charge >= 0.3 is 0 Å². The first-order valence-electron chi connectivity index (χ1n) is 10.6. The van der Waals surface area contributed by atoms with Gasteiger partial charge in [-0.25, -0.2) is 14.5 Å². The third kappa shape index (κ3) is 4.56. The molecule has 0 radical (unpaired) electrons. The van der Waals surface area contributed by atoms with E-state index in [4.69, 9.17) is 9.47 Å². The van der Waals surface area contributed by atoms with Crippen molar-refractivity contribution in [1.82, 2.24) is 34.4 Å². The molecule has 3 heterocycles. The summed E-state index contributed by atoms with van der Waals surface area (Å²) in [4.78, 5) is 26.8. The Balaban J connectivity index is 1.68. The van der Waals surface area contributed by atoms with Crippen LogP contribution in [0, 0.1) is 13.8 Å². The molecule has 0 saturated carbocycles. The molecule has 0 spiro atoms. The molecule has 1 aromatic carbocycles. The second kappa shape index (κ2) is 9.72. The molecule has 4 aromatic rings. The fraction of sp³-hybridized carbons (Fsp3) is 0.348. The number of hydrogen-bond donors (Lipinski definition) is 1. The number of carbonyl (C=O) groups excluding carboxylic acids is 1. The second-order valence-electron chi connectivity index (χ2n) is 7.79. The van der Waals surface area contributed by atoms with Crippen LogP contribution >= 0.6 is 11.8 Å². The van der Waals surface area contributed by atoms with Crippen LogP contribution in [0.4, 0.5) is 0 Å². The van der Waals surface area contributed by atoms with E-state index >= 15 is 0 Å². The Kier molecular flexibility index (Phi) is 6.73. The number of amides is 1. The van der Waals surface area contributed by atoms with Crippen LogP contribution in [0.2, 0.25) is 0 Å². The molecular weight excluding hydrogens is 454 g/mol. The van der Waals surface area contributed by atoms with Gasteiger partial charge in [-0.05, 0) is 37.8 Å². The van der Waals surface area contributed by atoms with Gasteiger partial charge in [0.15, 0.2) is 0 Å². The number of ether oxygens (including phenoxy) is 2. The van der Waals surface area contributed by atoms with Crippen molar-refractivity contribution < 1.29 is 14.3 Å². The minimum absolute atomic E-state index is 0.136. The zero-order chi connectivity index (χ0) is 24.4. The molecule has 0 bridgehead atoms. The standard InChI is InChI=1S/C23H27N7O3S/c1-13-18(14(2)30-22(25-13)27-23(28-30)34-6)12-19(31)26-20(21-24-7-8-29(21)3)15-9-16(32-4)11-17(10-15)33-5/h7-11,20H,12H2,1-6H3,(H,26,31). The number of nitrogens with zero attached hydrogens (tertiary/aromatic N) is 6. The molecule has 0 aliphatic carbocycles. The van der Waals surface area contributed by atoms with Crippen LogP contribution in [-0.2, 0) is 18.3 Å². The Morgan fingerprint density at radius 3 is 2.44 bits per heavy atom. The van der Waals surface area contributed by atoms with Crippen molar-refractivity contribution in [1.29, 1.82) is 0 Å². The lowest BCUT2D eigenvalue weighted by Gasteiger charge is -2.21. The van der Waals surface area contributed by atoms with E-state index in [-0.39, 0.29) is 12.3 Å². The highest BCUT2D eigenvalue weighted by atomic mass is 32.2. The fourth-order valence-corrected chi connectivity index (χ4v) is 4.19. The SMILES string of the molecule is COc1cc(OC)cc(C(NC(=O)Cc2c(C)nc3nc(SC)nn3c2C)c2nccn2C)c1. The average Bonchev–Trinajstić information content (AvgIpc) is 3.45. The second-order valence-corrected chi connectivity index (χ2v) is 8.56. The molecule has 34 heavy (non-hydrogen) atoms. The van der Waals surface area contributed by atoms with Crippen LogP contribution in [0.15, 0.2) is 35.7 Å². The van der Waals surface area contributed by atoms with Gasteiger partial charge in [-0.2, -0.15) is 4.98 Å². The Morgan fingerprint density at radius 2 is 1.85 bits per heavy atom. The first-order valence-corrected chi connectivity index (χ1v) is 11.8. The van der Waals surface area contributed by atoms with Gasteiger partial charge in [-0.1, -0.05) is 11.8 Å². The first kappa shape index (κ1) is 23.6. The van der Waals surface area contributed by atoms with Crippen LogP contribution in [-0.4, -0.2) is 55.5 Å². The summed E-state index contributed by atoms with van der Waals surface area (Å²) in [5, 5.41) is 8.25. The predicted octanol–water partition coefficient (Wildman–Crippen LogP) is 2.66. The highest BCUT2D eigenvalue weighted by Gasteiger charge is 2.24. The molecule has 178 valence electrons. The lowest BCUT2D eigenvalue weighted by atomic mass is 10.0. The summed E-state index contributed by atoms with van der Waals surface area (Å²) in [5.41, 5.74) is 3.19. The van der Waals surface area contributed by atoms with Gasteiger partial charge in [0.2, 0.25) is 11.1 Å². The van der Waals surface area contributed by atoms with Crippen molar-refractivity contribution in [3.8, 4) is 11.5 Å². The van der Waals surface area contributed by atoms with E-state index in [0.717, 1.165) is 22.5 Å². The number of thioether (sulfide) groups is 1. The smallest absolute Gasteiger partial charge is 0.253 e. The van der Waals surface area contributed by atoms with Crippen LogP contribution in [0.5, 0.6) is 11.5 Å². The molecule has 3 aromatic heterocycles. The van der Waals surface area contributed by atoms with E-state index in [1.165, 1.54) is 11.8 Å². The minimum atomic E-state index is -0.511. The normalized spacial score (nSPS) is 12.1. The molecule has 1 unspecified atom stereocenters. The molecule has 4 rings (SSSR count). The number of hydrogen-bond acceptors (Lipinski definition) is 8. The predicted molar refractivity (Wildman–Crippen MR) is 128 cm³/mol.